The summed E-state index contributed by atoms with van der Waals surface area (Å²) in [6.07, 6.45) is 2.75. The van der Waals surface area contributed by atoms with Crippen molar-refractivity contribution < 1.29 is 8.42 Å². The van der Waals surface area contributed by atoms with Crippen molar-refractivity contribution in [3.63, 3.8) is 0 Å². The van der Waals surface area contributed by atoms with Gasteiger partial charge in [-0.1, -0.05) is 39.3 Å². The molecule has 0 saturated heterocycles. The highest BCUT2D eigenvalue weighted by atomic mass is 32.2. The van der Waals surface area contributed by atoms with Gasteiger partial charge in [-0.3, -0.25) is 0 Å². The molecule has 114 valence electrons. The van der Waals surface area contributed by atoms with Crippen LogP contribution in [0.15, 0.2) is 29.2 Å². The molecule has 1 aromatic carbocycles. The normalized spacial score (nSPS) is 13.7. The Hall–Kier alpha value is -0.910. The van der Waals surface area contributed by atoms with Crippen molar-refractivity contribution in [1.29, 1.82) is 0 Å². The lowest BCUT2D eigenvalue weighted by atomic mass is 10.1. The van der Waals surface area contributed by atoms with E-state index in [9.17, 15) is 8.42 Å². The molecule has 20 heavy (non-hydrogen) atoms. The van der Waals surface area contributed by atoms with Crippen LogP contribution in [0.4, 0.5) is 0 Å². The van der Waals surface area contributed by atoms with Gasteiger partial charge in [0.15, 0.2) is 0 Å². The molecule has 0 spiro atoms. The Morgan fingerprint density at radius 3 is 2.25 bits per heavy atom. The second-order valence-corrected chi connectivity index (χ2v) is 7.29. The molecule has 1 unspecified atom stereocenters. The highest BCUT2D eigenvalue weighted by Crippen LogP contribution is 2.14. The number of hydrogen-bond donors (Lipinski definition) is 2. The first-order valence-electron chi connectivity index (χ1n) is 7.20. The molecule has 0 aliphatic carbocycles. The minimum Gasteiger partial charge on any atom is -0.329 e. The fraction of sp³-hybridized carbons (Fsp3) is 0.600. The van der Waals surface area contributed by atoms with Gasteiger partial charge in [0.2, 0.25) is 10.0 Å². The fourth-order valence-electron chi connectivity index (χ4n) is 2.17. The summed E-state index contributed by atoms with van der Waals surface area (Å²) in [4.78, 5) is 0.305. The van der Waals surface area contributed by atoms with Gasteiger partial charge in [-0.25, -0.2) is 13.1 Å². The molecular weight excluding hydrogens is 272 g/mol. The zero-order valence-electron chi connectivity index (χ0n) is 12.6. The summed E-state index contributed by atoms with van der Waals surface area (Å²) in [6, 6.07) is 6.86. The maximum Gasteiger partial charge on any atom is 0.240 e. The third-order valence-electron chi connectivity index (χ3n) is 3.13. The van der Waals surface area contributed by atoms with Crippen LogP contribution in [0.1, 0.15) is 39.2 Å². The van der Waals surface area contributed by atoms with Crippen molar-refractivity contribution in [2.24, 2.45) is 11.7 Å². The largest absolute Gasteiger partial charge is 0.329 e. The van der Waals surface area contributed by atoms with Gasteiger partial charge < -0.3 is 5.73 Å². The fourth-order valence-corrected chi connectivity index (χ4v) is 3.43. The lowest BCUT2D eigenvalue weighted by Crippen LogP contribution is -2.40. The number of aryl methyl sites for hydroxylation is 1. The van der Waals surface area contributed by atoms with Crippen LogP contribution in [0.5, 0.6) is 0 Å². The van der Waals surface area contributed by atoms with E-state index >= 15 is 0 Å². The summed E-state index contributed by atoms with van der Waals surface area (Å²) in [6.45, 7) is 6.52. The summed E-state index contributed by atoms with van der Waals surface area (Å²) in [7, 11) is -3.48. The van der Waals surface area contributed by atoms with Gasteiger partial charge in [0.25, 0.3) is 0 Å². The molecule has 1 aromatic rings. The van der Waals surface area contributed by atoms with E-state index in [0.29, 0.717) is 17.4 Å². The first-order chi connectivity index (χ1) is 9.39. The monoisotopic (exact) mass is 298 g/mol. The maximum absolute atomic E-state index is 12.3. The van der Waals surface area contributed by atoms with Crippen molar-refractivity contribution in [1.82, 2.24) is 4.72 Å². The smallest absolute Gasteiger partial charge is 0.240 e. The third kappa shape index (κ3) is 5.23. The number of hydrogen-bond acceptors (Lipinski definition) is 3. The van der Waals surface area contributed by atoms with Gasteiger partial charge in [-0.05, 0) is 36.5 Å². The lowest BCUT2D eigenvalue weighted by molar-refractivity contribution is 0.465. The van der Waals surface area contributed by atoms with E-state index in [1.165, 1.54) is 0 Å². The summed E-state index contributed by atoms with van der Waals surface area (Å²) < 4.78 is 27.3. The van der Waals surface area contributed by atoms with E-state index in [1.54, 1.807) is 12.1 Å². The predicted octanol–water partition coefficient (Wildman–Crippen LogP) is 2.29. The topological polar surface area (TPSA) is 72.2 Å². The second-order valence-electron chi connectivity index (χ2n) is 5.58. The van der Waals surface area contributed by atoms with E-state index in [2.05, 4.69) is 25.5 Å². The molecule has 4 nitrogen and oxygen atoms in total. The van der Waals surface area contributed by atoms with Crippen LogP contribution in [0.2, 0.25) is 0 Å². The van der Waals surface area contributed by atoms with Gasteiger partial charge in [-0.15, -0.1) is 0 Å². The van der Waals surface area contributed by atoms with E-state index in [0.717, 1.165) is 24.8 Å². The molecule has 0 bridgehead atoms. The zero-order valence-corrected chi connectivity index (χ0v) is 13.4. The van der Waals surface area contributed by atoms with E-state index in [1.807, 2.05) is 12.1 Å². The van der Waals surface area contributed by atoms with Crippen LogP contribution in [0, 0.1) is 5.92 Å². The Morgan fingerprint density at radius 2 is 1.80 bits per heavy atom. The van der Waals surface area contributed by atoms with Gasteiger partial charge in [0.05, 0.1) is 4.90 Å². The van der Waals surface area contributed by atoms with Gasteiger partial charge in [0, 0.05) is 12.6 Å². The Balaban J connectivity index is 2.81. The van der Waals surface area contributed by atoms with E-state index in [-0.39, 0.29) is 6.04 Å². The highest BCUT2D eigenvalue weighted by molar-refractivity contribution is 7.89. The van der Waals surface area contributed by atoms with Crippen LogP contribution < -0.4 is 10.5 Å². The van der Waals surface area contributed by atoms with Crippen molar-refractivity contribution in [2.45, 2.75) is 51.0 Å². The molecule has 0 heterocycles. The molecular formula is C15H26N2O2S. The Bertz CT molecular complexity index is 495. The molecule has 0 fully saturated rings. The van der Waals surface area contributed by atoms with E-state index < -0.39 is 10.0 Å². The molecule has 3 N–H and O–H groups in total. The summed E-state index contributed by atoms with van der Waals surface area (Å²) in [5.74, 6) is 0.401. The molecule has 1 atom stereocenters. The first kappa shape index (κ1) is 17.1. The van der Waals surface area contributed by atoms with Crippen LogP contribution in [-0.2, 0) is 16.4 Å². The van der Waals surface area contributed by atoms with Crippen LogP contribution >= 0.6 is 0 Å². The molecule has 1 rings (SSSR count). The predicted molar refractivity (Wildman–Crippen MR) is 83.1 cm³/mol. The lowest BCUT2D eigenvalue weighted by Gasteiger charge is -2.18. The molecule has 5 heteroatoms. The molecule has 0 aliphatic rings. The minimum atomic E-state index is -3.48. The molecule has 0 aliphatic heterocycles. The van der Waals surface area contributed by atoms with Crippen molar-refractivity contribution >= 4 is 10.0 Å². The molecule has 0 saturated carbocycles. The van der Waals surface area contributed by atoms with Gasteiger partial charge in [-0.2, -0.15) is 0 Å². The zero-order chi connectivity index (χ0) is 15.2. The SMILES string of the molecule is CCCc1ccc(S(=O)(=O)NC(CN)CC(C)C)cc1. The van der Waals surface area contributed by atoms with Crippen LogP contribution in [0.3, 0.4) is 0 Å². The number of nitrogens with two attached hydrogens (primary N) is 1. The Labute approximate surface area is 122 Å². The quantitative estimate of drug-likeness (QED) is 0.773. The summed E-state index contributed by atoms with van der Waals surface area (Å²) >= 11 is 0. The van der Waals surface area contributed by atoms with Crippen LogP contribution in [-0.4, -0.2) is 21.0 Å². The Morgan fingerprint density at radius 1 is 1.20 bits per heavy atom. The standard InChI is InChI=1S/C15H26N2O2S/c1-4-5-13-6-8-15(9-7-13)20(18,19)17-14(11-16)10-12(2)3/h6-9,12,14,17H,4-5,10-11,16H2,1-3H3. The summed E-state index contributed by atoms with van der Waals surface area (Å²) in [5, 5.41) is 0. The number of rotatable bonds is 8. The van der Waals surface area contributed by atoms with Gasteiger partial charge in [0.1, 0.15) is 0 Å². The van der Waals surface area contributed by atoms with Crippen molar-refractivity contribution in [3.8, 4) is 0 Å². The van der Waals surface area contributed by atoms with E-state index in [4.69, 9.17) is 5.73 Å². The summed E-state index contributed by atoms with van der Waals surface area (Å²) in [5.41, 5.74) is 6.80. The third-order valence-corrected chi connectivity index (χ3v) is 4.67. The molecule has 0 aromatic heterocycles. The average Bonchev–Trinajstić information content (AvgIpc) is 2.38. The average molecular weight is 298 g/mol. The number of benzene rings is 1. The molecule has 0 amide bonds. The second kappa shape index (κ2) is 7.76. The molecule has 0 radical (unpaired) electrons. The van der Waals surface area contributed by atoms with Gasteiger partial charge >= 0.3 is 0 Å². The Kier molecular flexibility index (Phi) is 6.65. The number of sulfonamides is 1. The number of nitrogens with one attached hydrogen (secondary N) is 1. The highest BCUT2D eigenvalue weighted by Gasteiger charge is 2.19. The first-order valence-corrected chi connectivity index (χ1v) is 8.68. The van der Waals surface area contributed by atoms with Crippen molar-refractivity contribution in [2.75, 3.05) is 6.54 Å². The maximum atomic E-state index is 12.3. The minimum absolute atomic E-state index is 0.213. The van der Waals surface area contributed by atoms with Crippen molar-refractivity contribution in [3.05, 3.63) is 29.8 Å². The van der Waals surface area contributed by atoms with Crippen LogP contribution in [0.25, 0.3) is 0 Å².